The van der Waals surface area contributed by atoms with Crippen LogP contribution >= 0.6 is 0 Å². The molecule has 10 unspecified atom stereocenters. The first-order chi connectivity index (χ1) is 19.0. The van der Waals surface area contributed by atoms with Crippen molar-refractivity contribution in [2.45, 2.75) is 136 Å². The lowest BCUT2D eigenvalue weighted by Crippen LogP contribution is -2.60. The maximum Gasteiger partial charge on any atom is 0.325 e. The lowest BCUT2D eigenvalue weighted by atomic mass is 9.43. The molecule has 0 aromatic heterocycles. The maximum atomic E-state index is 12.5. The molecule has 41 heavy (non-hydrogen) atoms. The number of carbonyl (C=O) groups is 2. The van der Waals surface area contributed by atoms with Gasteiger partial charge in [-0.05, 0) is 143 Å². The Labute approximate surface area is 253 Å². The first-order valence-electron chi connectivity index (χ1n) is 16.7. The van der Waals surface area contributed by atoms with Gasteiger partial charge in [0, 0.05) is 12.5 Å². The number of carbonyl (C=O) groups excluding carboxylic acids is 2. The van der Waals surface area contributed by atoms with E-state index in [4.69, 9.17) is 8.85 Å². The van der Waals surface area contributed by atoms with Crippen molar-refractivity contribution in [1.29, 1.82) is 0 Å². The molecule has 1 amide bonds. The molecule has 4 saturated carbocycles. The van der Waals surface area contributed by atoms with Crippen LogP contribution in [0.25, 0.3) is 0 Å². The molecule has 4 aliphatic carbocycles. The summed E-state index contributed by atoms with van der Waals surface area (Å²) in [5, 5.41) is 2.73. The fraction of sp³-hybridized carbons (Fsp3) is 0.939. The smallest absolute Gasteiger partial charge is 0.325 e. The van der Waals surface area contributed by atoms with E-state index in [2.05, 4.69) is 70.1 Å². The van der Waals surface area contributed by atoms with Crippen molar-refractivity contribution in [2.75, 3.05) is 13.7 Å². The minimum absolute atomic E-state index is 0.0487. The summed E-state index contributed by atoms with van der Waals surface area (Å²) in [5.41, 5.74) is 0.552. The maximum absolute atomic E-state index is 12.5. The Morgan fingerprint density at radius 1 is 0.902 bits per heavy atom. The summed E-state index contributed by atoms with van der Waals surface area (Å²) in [6.07, 6.45) is 12.3. The zero-order valence-corrected chi connectivity index (χ0v) is 29.9. The Bertz CT molecular complexity index is 947. The fourth-order valence-electron chi connectivity index (χ4n) is 10.2. The molecule has 8 heteroatoms. The Balaban J connectivity index is 1.52. The standard InChI is InChI=1S/C33H61NO5Si2/c1-22(11-16-30(35)34-21-31(36)37-4)26-14-15-27-25-13-12-23-19-24(38-40(5,6)7)17-18-32(23,2)28(25)20-29(33(26,27)3)39-41(8,9)10/h22-29H,11-21H2,1-10H3,(H,34,35). The molecule has 0 bridgehead atoms. The molecule has 0 spiro atoms. The predicted molar refractivity (Wildman–Crippen MR) is 170 cm³/mol. The van der Waals surface area contributed by atoms with Gasteiger partial charge in [-0.2, -0.15) is 0 Å². The third-order valence-electron chi connectivity index (χ3n) is 11.9. The number of nitrogens with one attached hydrogen (secondary N) is 1. The van der Waals surface area contributed by atoms with Gasteiger partial charge < -0.3 is 18.9 Å². The molecule has 10 atom stereocenters. The number of methoxy groups -OCH3 is 1. The summed E-state index contributed by atoms with van der Waals surface area (Å²) in [7, 11) is -1.94. The van der Waals surface area contributed by atoms with E-state index < -0.39 is 22.6 Å². The predicted octanol–water partition coefficient (Wildman–Crippen LogP) is 7.40. The summed E-state index contributed by atoms with van der Waals surface area (Å²) in [6.45, 7) is 21.6. The van der Waals surface area contributed by atoms with E-state index in [0.29, 0.717) is 41.8 Å². The number of rotatable bonds is 10. The van der Waals surface area contributed by atoms with E-state index >= 15 is 0 Å². The summed E-state index contributed by atoms with van der Waals surface area (Å²) >= 11 is 0. The van der Waals surface area contributed by atoms with Crippen molar-refractivity contribution in [3.05, 3.63) is 0 Å². The topological polar surface area (TPSA) is 73.9 Å². The van der Waals surface area contributed by atoms with E-state index in [1.807, 2.05) is 0 Å². The Morgan fingerprint density at radius 3 is 2.22 bits per heavy atom. The molecule has 4 aliphatic rings. The van der Waals surface area contributed by atoms with Crippen molar-refractivity contribution < 1.29 is 23.2 Å². The summed E-state index contributed by atoms with van der Waals surface area (Å²) < 4.78 is 18.6. The molecular formula is C33H61NO5Si2. The highest BCUT2D eigenvalue weighted by molar-refractivity contribution is 6.70. The third-order valence-corrected chi connectivity index (χ3v) is 14.0. The average Bonchev–Trinajstić information content (AvgIpc) is 3.23. The van der Waals surface area contributed by atoms with Crippen LogP contribution in [-0.4, -0.2) is 54.4 Å². The first kappa shape index (κ1) is 33.2. The minimum Gasteiger partial charge on any atom is -0.468 e. The second-order valence-electron chi connectivity index (χ2n) is 16.7. The van der Waals surface area contributed by atoms with Crippen LogP contribution in [0.2, 0.25) is 39.3 Å². The van der Waals surface area contributed by atoms with Crippen molar-refractivity contribution >= 4 is 28.5 Å². The highest BCUT2D eigenvalue weighted by Crippen LogP contribution is 2.69. The zero-order valence-electron chi connectivity index (χ0n) is 27.9. The highest BCUT2D eigenvalue weighted by atomic mass is 28.4. The van der Waals surface area contributed by atoms with E-state index in [0.717, 1.165) is 24.2 Å². The second-order valence-corrected chi connectivity index (χ2v) is 25.6. The van der Waals surface area contributed by atoms with Crippen LogP contribution in [0.15, 0.2) is 0 Å². The summed E-state index contributed by atoms with van der Waals surface area (Å²) in [5.74, 6) is 3.56. The quantitative estimate of drug-likeness (QED) is 0.207. The monoisotopic (exact) mass is 607 g/mol. The van der Waals surface area contributed by atoms with E-state index in [-0.39, 0.29) is 17.9 Å². The Hall–Kier alpha value is -0.706. The zero-order chi connectivity index (χ0) is 30.4. The minimum atomic E-state index is -1.76. The van der Waals surface area contributed by atoms with E-state index in [9.17, 15) is 9.59 Å². The second kappa shape index (κ2) is 12.4. The average molecular weight is 608 g/mol. The normalized spacial score (nSPS) is 39.7. The van der Waals surface area contributed by atoms with Gasteiger partial charge in [0.25, 0.3) is 0 Å². The number of ether oxygens (including phenoxy) is 1. The molecular weight excluding hydrogens is 547 g/mol. The first-order valence-corrected chi connectivity index (χ1v) is 23.5. The molecule has 236 valence electrons. The van der Waals surface area contributed by atoms with Crippen molar-refractivity contribution in [3.63, 3.8) is 0 Å². The van der Waals surface area contributed by atoms with Gasteiger partial charge in [0.15, 0.2) is 16.6 Å². The fourth-order valence-corrected chi connectivity index (χ4v) is 12.6. The van der Waals surface area contributed by atoms with Gasteiger partial charge in [-0.1, -0.05) is 20.8 Å². The number of hydrogen-bond acceptors (Lipinski definition) is 5. The molecule has 4 fully saturated rings. The van der Waals surface area contributed by atoms with Crippen LogP contribution in [0.1, 0.15) is 85.0 Å². The molecule has 6 nitrogen and oxygen atoms in total. The van der Waals surface area contributed by atoms with Gasteiger partial charge in [0.2, 0.25) is 5.91 Å². The summed E-state index contributed by atoms with van der Waals surface area (Å²) in [4.78, 5) is 24.0. The van der Waals surface area contributed by atoms with Gasteiger partial charge in [-0.15, -0.1) is 0 Å². The molecule has 0 aliphatic heterocycles. The highest BCUT2D eigenvalue weighted by Gasteiger charge is 2.64. The molecule has 0 radical (unpaired) electrons. The number of amides is 1. The lowest BCUT2D eigenvalue weighted by molar-refractivity contribution is -0.169. The Kier molecular flexibility index (Phi) is 10.0. The number of hydrogen-bond donors (Lipinski definition) is 1. The van der Waals surface area contributed by atoms with Crippen LogP contribution in [0.5, 0.6) is 0 Å². The third kappa shape index (κ3) is 7.17. The lowest BCUT2D eigenvalue weighted by Gasteiger charge is -2.64. The van der Waals surface area contributed by atoms with Crippen molar-refractivity contribution in [3.8, 4) is 0 Å². The molecule has 4 rings (SSSR count). The van der Waals surface area contributed by atoms with Crippen LogP contribution < -0.4 is 5.32 Å². The van der Waals surface area contributed by atoms with Gasteiger partial charge in [-0.25, -0.2) is 0 Å². The molecule has 0 aromatic rings. The van der Waals surface area contributed by atoms with Crippen molar-refractivity contribution in [1.82, 2.24) is 5.32 Å². The molecule has 0 heterocycles. The van der Waals surface area contributed by atoms with Gasteiger partial charge in [0.1, 0.15) is 6.54 Å². The van der Waals surface area contributed by atoms with E-state index in [1.165, 1.54) is 58.5 Å². The van der Waals surface area contributed by atoms with Gasteiger partial charge >= 0.3 is 5.97 Å². The number of fused-ring (bicyclic) bond motifs is 5. The summed E-state index contributed by atoms with van der Waals surface area (Å²) in [6, 6.07) is 0. The van der Waals surface area contributed by atoms with Crippen LogP contribution in [0.4, 0.5) is 0 Å². The van der Waals surface area contributed by atoms with Gasteiger partial charge in [0.05, 0.1) is 13.2 Å². The van der Waals surface area contributed by atoms with Crippen LogP contribution in [0.3, 0.4) is 0 Å². The van der Waals surface area contributed by atoms with Crippen LogP contribution in [0, 0.1) is 46.3 Å². The Morgan fingerprint density at radius 2 is 1.59 bits per heavy atom. The molecule has 0 aromatic carbocycles. The van der Waals surface area contributed by atoms with Crippen molar-refractivity contribution in [2.24, 2.45) is 46.3 Å². The van der Waals surface area contributed by atoms with Gasteiger partial charge in [-0.3, -0.25) is 9.59 Å². The van der Waals surface area contributed by atoms with E-state index in [1.54, 1.807) is 0 Å². The largest absolute Gasteiger partial charge is 0.468 e. The van der Waals surface area contributed by atoms with Crippen LogP contribution in [-0.2, 0) is 23.2 Å². The molecule has 0 saturated heterocycles. The SMILES string of the molecule is COC(=O)CNC(=O)CCC(C)C1CCC2C3CCC4CC(O[Si](C)(C)C)CCC4(C)C3CC(O[Si](C)(C)C)C12C. The molecule has 1 N–H and O–H groups in total. The number of esters is 1.